The van der Waals surface area contributed by atoms with Crippen molar-refractivity contribution in [3.63, 3.8) is 0 Å². The van der Waals surface area contributed by atoms with E-state index in [0.717, 1.165) is 37.7 Å². The minimum Gasteiger partial charge on any atom is -0.491 e. The van der Waals surface area contributed by atoms with Gasteiger partial charge in [0, 0.05) is 11.0 Å². The zero-order valence-corrected chi connectivity index (χ0v) is 15.3. The molecule has 2 saturated carbocycles. The molecule has 0 unspecified atom stereocenters. The largest absolute Gasteiger partial charge is 0.491 e. The van der Waals surface area contributed by atoms with E-state index >= 15 is 0 Å². The van der Waals surface area contributed by atoms with E-state index in [-0.39, 0.29) is 16.9 Å². The van der Waals surface area contributed by atoms with Crippen molar-refractivity contribution >= 4 is 6.21 Å². The van der Waals surface area contributed by atoms with Crippen LogP contribution in [0.2, 0.25) is 0 Å². The molecule has 3 fully saturated rings. The molecule has 25 heavy (non-hydrogen) atoms. The summed E-state index contributed by atoms with van der Waals surface area (Å²) < 4.78 is 5.38. The van der Waals surface area contributed by atoms with Crippen molar-refractivity contribution < 1.29 is 14.7 Å². The molecule has 0 bridgehead atoms. The van der Waals surface area contributed by atoms with E-state index in [9.17, 15) is 5.11 Å². The zero-order chi connectivity index (χ0) is 17.8. The summed E-state index contributed by atoms with van der Waals surface area (Å²) in [7, 11) is 0. The molecule has 4 rings (SSSR count). The molecule has 4 aliphatic rings. The summed E-state index contributed by atoms with van der Waals surface area (Å²) in [6.07, 6.45) is 9.15. The van der Waals surface area contributed by atoms with Crippen molar-refractivity contribution in [1.82, 2.24) is 0 Å². The van der Waals surface area contributed by atoms with Crippen LogP contribution in [-0.4, -0.2) is 30.1 Å². The number of aliphatic hydroxyl groups excluding tert-OH is 1. The molecule has 4 heteroatoms. The predicted molar refractivity (Wildman–Crippen MR) is 98.0 cm³/mol. The molecule has 2 aliphatic carbocycles. The van der Waals surface area contributed by atoms with Crippen LogP contribution < -0.4 is 0 Å². The van der Waals surface area contributed by atoms with Gasteiger partial charge in [0.05, 0.1) is 6.21 Å². The number of hydrogen-bond acceptors (Lipinski definition) is 4. The van der Waals surface area contributed by atoms with Gasteiger partial charge in [-0.2, -0.15) is 0 Å². The van der Waals surface area contributed by atoms with Gasteiger partial charge in [-0.1, -0.05) is 43.8 Å². The third-order valence-electron chi connectivity index (χ3n) is 7.42. The third kappa shape index (κ3) is 2.41. The lowest BCUT2D eigenvalue weighted by molar-refractivity contribution is -0.103. The van der Waals surface area contributed by atoms with Crippen LogP contribution >= 0.6 is 0 Å². The Labute approximate surface area is 150 Å². The van der Waals surface area contributed by atoms with E-state index in [1.807, 2.05) is 0 Å². The van der Waals surface area contributed by atoms with E-state index < -0.39 is 6.10 Å². The van der Waals surface area contributed by atoms with Gasteiger partial charge >= 0.3 is 0 Å². The maximum absolute atomic E-state index is 10.1. The first-order valence-electron chi connectivity index (χ1n) is 9.44. The molecule has 136 valence electrons. The molecule has 0 aromatic rings. The minimum atomic E-state index is -0.545. The molecule has 0 aromatic heterocycles. The van der Waals surface area contributed by atoms with Gasteiger partial charge in [0.1, 0.15) is 24.6 Å². The van der Waals surface area contributed by atoms with Crippen LogP contribution in [0.4, 0.5) is 0 Å². The van der Waals surface area contributed by atoms with Gasteiger partial charge in [0.25, 0.3) is 0 Å². The van der Waals surface area contributed by atoms with Crippen LogP contribution in [0.25, 0.3) is 0 Å². The summed E-state index contributed by atoms with van der Waals surface area (Å²) in [5, 5.41) is 14.3. The van der Waals surface area contributed by atoms with Gasteiger partial charge in [-0.05, 0) is 49.4 Å². The molecule has 0 aromatic carbocycles. The van der Waals surface area contributed by atoms with Crippen LogP contribution in [-0.2, 0) is 9.57 Å². The van der Waals surface area contributed by atoms with Crippen molar-refractivity contribution in [2.45, 2.75) is 58.2 Å². The Morgan fingerprint density at radius 3 is 2.88 bits per heavy atom. The number of rotatable bonds is 2. The molecular formula is C21H29NO3. The summed E-state index contributed by atoms with van der Waals surface area (Å²) >= 11 is 0. The van der Waals surface area contributed by atoms with Crippen LogP contribution in [0.1, 0.15) is 46.0 Å². The van der Waals surface area contributed by atoms with E-state index in [1.54, 1.807) is 0 Å². The lowest BCUT2D eigenvalue weighted by Gasteiger charge is -2.57. The summed E-state index contributed by atoms with van der Waals surface area (Å²) in [4.78, 5) is 5.66. The molecule has 1 saturated heterocycles. The highest BCUT2D eigenvalue weighted by atomic mass is 16.6. The second-order valence-corrected chi connectivity index (χ2v) is 8.69. The highest BCUT2D eigenvalue weighted by Gasteiger charge is 2.59. The Morgan fingerprint density at radius 1 is 1.36 bits per heavy atom. The van der Waals surface area contributed by atoms with Crippen molar-refractivity contribution in [2.24, 2.45) is 27.8 Å². The molecule has 2 heterocycles. The second-order valence-electron chi connectivity index (χ2n) is 8.69. The molecule has 0 radical (unpaired) electrons. The van der Waals surface area contributed by atoms with Crippen LogP contribution in [0.15, 0.2) is 41.3 Å². The molecule has 4 nitrogen and oxygen atoms in total. The number of ether oxygens (including phenoxy) is 1. The summed E-state index contributed by atoms with van der Waals surface area (Å²) in [5.74, 6) is 1.57. The molecule has 0 spiro atoms. The van der Waals surface area contributed by atoms with Gasteiger partial charge in [-0.3, -0.25) is 0 Å². The summed E-state index contributed by atoms with van der Waals surface area (Å²) in [5.41, 5.74) is 2.40. The Kier molecular flexibility index (Phi) is 3.87. The average molecular weight is 343 g/mol. The normalized spacial score (nSPS) is 47.4. The quantitative estimate of drug-likeness (QED) is 0.772. The number of allylic oxidation sites excluding steroid dienone is 2. The first kappa shape index (κ1) is 16.9. The van der Waals surface area contributed by atoms with Crippen molar-refractivity contribution in [3.05, 3.63) is 36.1 Å². The molecule has 1 N–H and O–H groups in total. The summed E-state index contributed by atoms with van der Waals surface area (Å²) in [6, 6.07) is 0. The van der Waals surface area contributed by atoms with Gasteiger partial charge < -0.3 is 14.7 Å². The highest BCUT2D eigenvalue weighted by Crippen LogP contribution is 2.62. The Bertz CT molecular complexity index is 666. The van der Waals surface area contributed by atoms with E-state index in [4.69, 9.17) is 9.57 Å². The average Bonchev–Trinajstić information content (AvgIpc) is 3.10. The number of hydrogen-bond donors (Lipinski definition) is 1. The van der Waals surface area contributed by atoms with Crippen molar-refractivity contribution in [3.8, 4) is 0 Å². The molecule has 6 atom stereocenters. The predicted octanol–water partition coefficient (Wildman–Crippen LogP) is 3.98. The first-order chi connectivity index (χ1) is 11.9. The molecular weight excluding hydrogens is 314 g/mol. The van der Waals surface area contributed by atoms with E-state index in [2.05, 4.69) is 44.5 Å². The maximum Gasteiger partial charge on any atom is 0.138 e. The maximum atomic E-state index is 10.1. The van der Waals surface area contributed by atoms with E-state index in [1.165, 1.54) is 5.57 Å². The van der Waals surface area contributed by atoms with Crippen molar-refractivity contribution in [2.75, 3.05) is 6.61 Å². The Balaban J connectivity index is 1.63. The summed E-state index contributed by atoms with van der Waals surface area (Å²) in [6.45, 7) is 13.4. The van der Waals surface area contributed by atoms with Gasteiger partial charge in [-0.15, -0.1) is 0 Å². The topological polar surface area (TPSA) is 51.0 Å². The van der Waals surface area contributed by atoms with Gasteiger partial charge in [-0.25, -0.2) is 0 Å². The number of aliphatic hydroxyl groups is 1. The Hall–Kier alpha value is -1.55. The number of nitrogens with zero attached hydrogens (tertiary/aromatic N) is 1. The van der Waals surface area contributed by atoms with Gasteiger partial charge in [0.15, 0.2) is 0 Å². The lowest BCUT2D eigenvalue weighted by Crippen LogP contribution is -2.55. The second kappa shape index (κ2) is 5.73. The van der Waals surface area contributed by atoms with Crippen LogP contribution in [0.5, 0.6) is 0 Å². The molecule has 0 amide bonds. The number of fused-ring (bicyclic) bond motifs is 3. The van der Waals surface area contributed by atoms with E-state index in [0.29, 0.717) is 24.2 Å². The fourth-order valence-corrected chi connectivity index (χ4v) is 5.92. The van der Waals surface area contributed by atoms with Crippen molar-refractivity contribution in [1.29, 1.82) is 0 Å². The fraction of sp³-hybridized carbons (Fsp3) is 0.667. The lowest BCUT2D eigenvalue weighted by atomic mass is 9.46. The standard InChI is InChI=1S/C21H29NO3/c1-13-5-8-18-20(3,10-9-19-21(18,4)12-22-25-19)16(13)7-6-15-14(2)24-11-17(15)23/h6,12,16-19,23H,1-2,5,7-11H2,3-4H3/b15-6-/t16-,17-,18+,19-,20+,21+/m1/s1. The highest BCUT2D eigenvalue weighted by molar-refractivity contribution is 5.68. The van der Waals surface area contributed by atoms with Crippen LogP contribution in [0, 0.1) is 22.7 Å². The monoisotopic (exact) mass is 343 g/mol. The number of oxime groups is 1. The third-order valence-corrected chi connectivity index (χ3v) is 7.42. The van der Waals surface area contributed by atoms with Gasteiger partial charge in [0.2, 0.25) is 0 Å². The smallest absolute Gasteiger partial charge is 0.138 e. The fourth-order valence-electron chi connectivity index (χ4n) is 5.92. The zero-order valence-electron chi connectivity index (χ0n) is 15.3. The molecule has 2 aliphatic heterocycles. The Morgan fingerprint density at radius 2 is 2.16 bits per heavy atom. The first-order valence-corrected chi connectivity index (χ1v) is 9.44. The SMILES string of the molecule is C=C1OC[C@@H](O)/C1=C\C[C@@H]1C(=C)CC[C@@H]2[C@]3(C)C=NO[C@@H]3CC[C@@]12C. The minimum absolute atomic E-state index is 0.0265. The van der Waals surface area contributed by atoms with Crippen LogP contribution in [0.3, 0.4) is 0 Å².